The summed E-state index contributed by atoms with van der Waals surface area (Å²) in [5.74, 6) is 0.468. The largest absolute Gasteiger partial charge is 0.496 e. The number of para-hydroxylation sites is 1. The molecule has 0 radical (unpaired) electrons. The Balaban J connectivity index is 1.82. The molecule has 1 unspecified atom stereocenters. The summed E-state index contributed by atoms with van der Waals surface area (Å²) in [5.41, 5.74) is 0.592. The van der Waals surface area contributed by atoms with Crippen molar-refractivity contribution in [3.8, 4) is 11.8 Å². The molecule has 0 aromatic heterocycles. The Bertz CT molecular complexity index is 633. The normalized spacial score (nSPS) is 15.7. The summed E-state index contributed by atoms with van der Waals surface area (Å²) in [6, 6.07) is 8.27. The van der Waals surface area contributed by atoms with Crippen LogP contribution >= 0.6 is 0 Å². The van der Waals surface area contributed by atoms with Crippen LogP contribution in [0, 0.1) is 17.2 Å². The number of hydrogen-bond donors (Lipinski definition) is 2. The zero-order valence-electron chi connectivity index (χ0n) is 14.6. The molecule has 0 aliphatic heterocycles. The van der Waals surface area contributed by atoms with Gasteiger partial charge in [0.1, 0.15) is 11.8 Å². The summed E-state index contributed by atoms with van der Waals surface area (Å²) in [7, 11) is 1.51. The lowest BCUT2D eigenvalue weighted by Crippen LogP contribution is -2.39. The van der Waals surface area contributed by atoms with Crippen LogP contribution in [-0.2, 0) is 9.59 Å². The fraction of sp³-hybridized carbons (Fsp3) is 0.526. The summed E-state index contributed by atoms with van der Waals surface area (Å²) in [4.78, 5) is 24.0. The van der Waals surface area contributed by atoms with E-state index in [2.05, 4.69) is 16.7 Å². The number of amides is 2. The van der Waals surface area contributed by atoms with Crippen LogP contribution in [0.1, 0.15) is 50.1 Å². The third-order valence-electron chi connectivity index (χ3n) is 4.53. The van der Waals surface area contributed by atoms with Gasteiger partial charge in [-0.05, 0) is 24.8 Å². The predicted octanol–water partition coefficient (Wildman–Crippen LogP) is 2.46. The van der Waals surface area contributed by atoms with Gasteiger partial charge in [-0.25, -0.2) is 0 Å². The summed E-state index contributed by atoms with van der Waals surface area (Å²) in [5, 5.41) is 14.6. The smallest absolute Gasteiger partial charge is 0.240 e. The van der Waals surface area contributed by atoms with Crippen LogP contribution in [0.15, 0.2) is 24.3 Å². The molecule has 1 aromatic carbocycles. The average molecular weight is 343 g/mol. The Morgan fingerprint density at radius 3 is 2.64 bits per heavy atom. The summed E-state index contributed by atoms with van der Waals surface area (Å²) < 4.78 is 5.22. The number of rotatable bonds is 7. The maximum atomic E-state index is 12.1. The van der Waals surface area contributed by atoms with Gasteiger partial charge in [-0.1, -0.05) is 37.5 Å². The molecule has 1 atom stereocenters. The molecule has 2 N–H and O–H groups in total. The Hall–Kier alpha value is -2.55. The van der Waals surface area contributed by atoms with Crippen molar-refractivity contribution in [3.63, 3.8) is 0 Å². The van der Waals surface area contributed by atoms with E-state index in [-0.39, 0.29) is 12.5 Å². The van der Waals surface area contributed by atoms with Gasteiger partial charge < -0.3 is 15.4 Å². The van der Waals surface area contributed by atoms with Crippen LogP contribution in [0.4, 0.5) is 0 Å². The highest BCUT2D eigenvalue weighted by molar-refractivity contribution is 5.85. The molecule has 1 aliphatic rings. The number of carbonyl (C=O) groups is 2. The first-order chi connectivity index (χ1) is 12.1. The van der Waals surface area contributed by atoms with E-state index in [1.165, 1.54) is 26.4 Å². The van der Waals surface area contributed by atoms with Crippen molar-refractivity contribution in [2.45, 2.75) is 44.6 Å². The molecule has 2 rings (SSSR count). The number of nitriles is 1. The molecule has 25 heavy (non-hydrogen) atoms. The van der Waals surface area contributed by atoms with E-state index >= 15 is 0 Å². The Morgan fingerprint density at radius 2 is 1.96 bits per heavy atom. The molecule has 0 heterocycles. The molecule has 0 spiro atoms. The highest BCUT2D eigenvalue weighted by Crippen LogP contribution is 2.26. The van der Waals surface area contributed by atoms with Crippen molar-refractivity contribution in [2.75, 3.05) is 13.7 Å². The summed E-state index contributed by atoms with van der Waals surface area (Å²) >= 11 is 0. The molecule has 6 heteroatoms. The van der Waals surface area contributed by atoms with E-state index in [9.17, 15) is 14.9 Å². The third kappa shape index (κ3) is 5.79. The van der Waals surface area contributed by atoms with Gasteiger partial charge >= 0.3 is 0 Å². The Morgan fingerprint density at radius 1 is 1.24 bits per heavy atom. The molecule has 1 aromatic rings. The SMILES string of the molecule is COc1ccccc1C(C#N)NC(=O)CNC(=O)CC1CCCCC1. The molecule has 6 nitrogen and oxygen atoms in total. The number of nitrogens with zero attached hydrogens (tertiary/aromatic N) is 1. The van der Waals surface area contributed by atoms with E-state index in [0.29, 0.717) is 23.7 Å². The monoisotopic (exact) mass is 343 g/mol. The molecule has 2 amide bonds. The standard InChI is InChI=1S/C19H25N3O3/c1-25-17-10-6-5-9-15(17)16(12-20)22-19(24)13-21-18(23)11-14-7-3-2-4-8-14/h5-6,9-10,14,16H,2-4,7-8,11,13H2,1H3,(H,21,23)(H,22,24). The first kappa shape index (κ1) is 18.8. The summed E-state index contributed by atoms with van der Waals surface area (Å²) in [6.45, 7) is -0.126. The van der Waals surface area contributed by atoms with Crippen molar-refractivity contribution in [2.24, 2.45) is 5.92 Å². The minimum atomic E-state index is -0.820. The number of methoxy groups -OCH3 is 1. The third-order valence-corrected chi connectivity index (χ3v) is 4.53. The van der Waals surface area contributed by atoms with Gasteiger partial charge in [-0.15, -0.1) is 0 Å². The molecule has 0 bridgehead atoms. The van der Waals surface area contributed by atoms with Crippen LogP contribution in [0.25, 0.3) is 0 Å². The number of hydrogen-bond acceptors (Lipinski definition) is 4. The Labute approximate surface area is 148 Å². The maximum absolute atomic E-state index is 12.1. The van der Waals surface area contributed by atoms with E-state index in [1.807, 2.05) is 0 Å². The summed E-state index contributed by atoms with van der Waals surface area (Å²) in [6.07, 6.45) is 6.26. The highest BCUT2D eigenvalue weighted by atomic mass is 16.5. The van der Waals surface area contributed by atoms with Gasteiger partial charge in [0.2, 0.25) is 11.8 Å². The van der Waals surface area contributed by atoms with Crippen LogP contribution in [0.5, 0.6) is 5.75 Å². The molecule has 134 valence electrons. The van der Waals surface area contributed by atoms with E-state index in [0.717, 1.165) is 12.8 Å². The molecular formula is C19H25N3O3. The van der Waals surface area contributed by atoms with Gasteiger partial charge in [0, 0.05) is 12.0 Å². The fourth-order valence-electron chi connectivity index (χ4n) is 3.20. The molecule has 0 saturated heterocycles. The molecule has 1 fully saturated rings. The lowest BCUT2D eigenvalue weighted by Gasteiger charge is -2.21. The van der Waals surface area contributed by atoms with Crippen LogP contribution in [-0.4, -0.2) is 25.5 Å². The second kappa shape index (κ2) is 9.67. The number of carbonyl (C=O) groups excluding carboxylic acids is 2. The van der Waals surface area contributed by atoms with E-state index < -0.39 is 11.9 Å². The number of benzene rings is 1. The zero-order chi connectivity index (χ0) is 18.1. The second-order valence-corrected chi connectivity index (χ2v) is 6.36. The van der Waals surface area contributed by atoms with Crippen molar-refractivity contribution >= 4 is 11.8 Å². The van der Waals surface area contributed by atoms with E-state index in [4.69, 9.17) is 4.74 Å². The number of nitrogens with one attached hydrogen (secondary N) is 2. The minimum Gasteiger partial charge on any atom is -0.496 e. The van der Waals surface area contributed by atoms with Gasteiger partial charge in [0.25, 0.3) is 0 Å². The lowest BCUT2D eigenvalue weighted by molar-refractivity contribution is -0.127. The van der Waals surface area contributed by atoms with Gasteiger partial charge in [-0.3, -0.25) is 9.59 Å². The molecule has 1 aliphatic carbocycles. The first-order valence-corrected chi connectivity index (χ1v) is 8.72. The quantitative estimate of drug-likeness (QED) is 0.795. The zero-order valence-corrected chi connectivity index (χ0v) is 14.6. The predicted molar refractivity (Wildman–Crippen MR) is 93.7 cm³/mol. The van der Waals surface area contributed by atoms with Crippen molar-refractivity contribution in [3.05, 3.63) is 29.8 Å². The maximum Gasteiger partial charge on any atom is 0.240 e. The highest BCUT2D eigenvalue weighted by Gasteiger charge is 2.20. The topological polar surface area (TPSA) is 91.2 Å². The van der Waals surface area contributed by atoms with Crippen LogP contribution < -0.4 is 15.4 Å². The Kier molecular flexibility index (Phi) is 7.27. The van der Waals surface area contributed by atoms with E-state index in [1.54, 1.807) is 24.3 Å². The fourth-order valence-corrected chi connectivity index (χ4v) is 3.20. The van der Waals surface area contributed by atoms with Gasteiger partial charge in [-0.2, -0.15) is 5.26 Å². The van der Waals surface area contributed by atoms with Crippen molar-refractivity contribution in [1.82, 2.24) is 10.6 Å². The lowest BCUT2D eigenvalue weighted by atomic mass is 9.87. The van der Waals surface area contributed by atoms with Crippen molar-refractivity contribution < 1.29 is 14.3 Å². The minimum absolute atomic E-state index is 0.104. The van der Waals surface area contributed by atoms with Crippen LogP contribution in [0.3, 0.4) is 0 Å². The van der Waals surface area contributed by atoms with Crippen molar-refractivity contribution in [1.29, 1.82) is 5.26 Å². The second-order valence-electron chi connectivity index (χ2n) is 6.36. The molecule has 1 saturated carbocycles. The van der Waals surface area contributed by atoms with Gasteiger partial charge in [0.15, 0.2) is 0 Å². The average Bonchev–Trinajstić information content (AvgIpc) is 2.65. The number of ether oxygens (including phenoxy) is 1. The van der Waals surface area contributed by atoms with Gasteiger partial charge in [0.05, 0.1) is 19.7 Å². The van der Waals surface area contributed by atoms with Crippen LogP contribution in [0.2, 0.25) is 0 Å². The molecular weight excluding hydrogens is 318 g/mol. The first-order valence-electron chi connectivity index (χ1n) is 8.72.